The number of carboxylic acids is 1. The molecule has 0 saturated carbocycles. The standard InChI is InChI=1S/C8H9N3O2S2/c9-3-5-7(15-4-6(12)13)10-8-11(5)1-2-14-8/h1-2H,3-4,9H2,(H,12,13). The fourth-order valence-corrected chi connectivity index (χ4v) is 2.85. The van der Waals surface area contributed by atoms with E-state index in [1.807, 2.05) is 16.0 Å². The minimum Gasteiger partial charge on any atom is -0.549 e. The summed E-state index contributed by atoms with van der Waals surface area (Å²) >= 11 is 2.70. The van der Waals surface area contributed by atoms with E-state index < -0.39 is 5.97 Å². The van der Waals surface area contributed by atoms with E-state index in [2.05, 4.69) is 10.7 Å². The Labute approximate surface area is 93.9 Å². The molecule has 0 atom stereocenters. The second kappa shape index (κ2) is 4.21. The van der Waals surface area contributed by atoms with Crippen LogP contribution in [0.1, 0.15) is 5.69 Å². The fraction of sp³-hybridized carbons (Fsp3) is 0.250. The highest BCUT2D eigenvalue weighted by atomic mass is 32.2. The minimum absolute atomic E-state index is 0.0716. The molecule has 0 radical (unpaired) electrons. The van der Waals surface area contributed by atoms with Crippen LogP contribution in [0.2, 0.25) is 0 Å². The highest BCUT2D eigenvalue weighted by Gasteiger charge is 2.13. The molecule has 2 aromatic rings. The van der Waals surface area contributed by atoms with Crippen LogP contribution < -0.4 is 10.8 Å². The van der Waals surface area contributed by atoms with Gasteiger partial charge < -0.3 is 15.6 Å². The first-order valence-electron chi connectivity index (χ1n) is 4.28. The van der Waals surface area contributed by atoms with Gasteiger partial charge in [-0.2, -0.15) is 0 Å². The van der Waals surface area contributed by atoms with Crippen LogP contribution in [-0.2, 0) is 11.3 Å². The van der Waals surface area contributed by atoms with E-state index in [-0.39, 0.29) is 5.75 Å². The van der Waals surface area contributed by atoms with E-state index in [4.69, 9.17) is 0 Å². The van der Waals surface area contributed by atoms with Crippen molar-refractivity contribution in [2.24, 2.45) is 0 Å². The van der Waals surface area contributed by atoms with Crippen molar-refractivity contribution < 1.29 is 15.6 Å². The van der Waals surface area contributed by atoms with Crippen LogP contribution in [-0.4, -0.2) is 21.1 Å². The Kier molecular flexibility index (Phi) is 2.94. The number of quaternary nitrogens is 1. The molecule has 0 aromatic carbocycles. The molecule has 0 fully saturated rings. The molecule has 7 heteroatoms. The third kappa shape index (κ3) is 1.99. The lowest BCUT2D eigenvalue weighted by molar-refractivity contribution is -0.388. The van der Waals surface area contributed by atoms with Crippen LogP contribution in [0.25, 0.3) is 4.96 Å². The normalized spacial score (nSPS) is 11.0. The van der Waals surface area contributed by atoms with E-state index in [1.165, 1.54) is 23.1 Å². The van der Waals surface area contributed by atoms with Crippen LogP contribution >= 0.6 is 23.1 Å². The van der Waals surface area contributed by atoms with E-state index >= 15 is 0 Å². The molecular weight excluding hydrogens is 234 g/mol. The largest absolute Gasteiger partial charge is 0.549 e. The predicted molar refractivity (Wildman–Crippen MR) is 55.4 cm³/mol. The molecule has 2 aromatic heterocycles. The number of aliphatic carboxylic acids is 1. The lowest BCUT2D eigenvalue weighted by Gasteiger charge is -2.00. The maximum atomic E-state index is 10.3. The summed E-state index contributed by atoms with van der Waals surface area (Å²) in [4.78, 5) is 15.5. The summed E-state index contributed by atoms with van der Waals surface area (Å²) in [5, 5.41) is 13.0. The lowest BCUT2D eigenvalue weighted by Crippen LogP contribution is -2.48. The number of carbonyl (C=O) groups excluding carboxylic acids is 1. The summed E-state index contributed by atoms with van der Waals surface area (Å²) in [5.41, 5.74) is 4.77. The summed E-state index contributed by atoms with van der Waals surface area (Å²) in [6, 6.07) is 0. The first-order valence-corrected chi connectivity index (χ1v) is 6.15. The molecule has 0 unspecified atom stereocenters. The van der Waals surface area contributed by atoms with E-state index in [0.717, 1.165) is 15.7 Å². The maximum absolute atomic E-state index is 10.3. The van der Waals surface area contributed by atoms with Gasteiger partial charge in [0, 0.05) is 17.3 Å². The Hall–Kier alpha value is -1.05. The number of carboxylic acid groups (broad SMARTS) is 1. The van der Waals surface area contributed by atoms with Crippen molar-refractivity contribution in [1.82, 2.24) is 9.38 Å². The molecular formula is C8H9N3O2S2. The van der Waals surface area contributed by atoms with Crippen LogP contribution in [0.15, 0.2) is 16.6 Å². The van der Waals surface area contributed by atoms with Gasteiger partial charge in [-0.15, -0.1) is 11.3 Å². The van der Waals surface area contributed by atoms with Gasteiger partial charge in [0.05, 0.1) is 5.97 Å². The number of thiazole rings is 1. The summed E-state index contributed by atoms with van der Waals surface area (Å²) in [6.45, 7) is 0.591. The smallest absolute Gasteiger partial charge is 0.195 e. The van der Waals surface area contributed by atoms with Gasteiger partial charge in [0.1, 0.15) is 17.3 Å². The van der Waals surface area contributed by atoms with Gasteiger partial charge >= 0.3 is 0 Å². The Bertz CT molecular complexity index is 491. The zero-order valence-electron chi connectivity index (χ0n) is 7.80. The third-order valence-electron chi connectivity index (χ3n) is 1.89. The highest BCUT2D eigenvalue weighted by molar-refractivity contribution is 7.99. The number of hydrogen-bond donors (Lipinski definition) is 1. The number of thioether (sulfide) groups is 1. The van der Waals surface area contributed by atoms with Gasteiger partial charge in [-0.05, 0) is 0 Å². The van der Waals surface area contributed by atoms with Gasteiger partial charge in [-0.25, -0.2) is 4.98 Å². The van der Waals surface area contributed by atoms with E-state index in [1.54, 1.807) is 0 Å². The van der Waals surface area contributed by atoms with Crippen molar-refractivity contribution >= 4 is 34.0 Å². The van der Waals surface area contributed by atoms with Gasteiger partial charge in [-0.1, -0.05) is 11.8 Å². The number of nitrogens with zero attached hydrogens (tertiary/aromatic N) is 2. The van der Waals surface area contributed by atoms with Gasteiger partial charge in [0.15, 0.2) is 4.96 Å². The van der Waals surface area contributed by atoms with Crippen molar-refractivity contribution in [1.29, 1.82) is 0 Å². The number of imidazole rings is 1. The molecule has 0 aliphatic heterocycles. The zero-order chi connectivity index (χ0) is 10.8. The van der Waals surface area contributed by atoms with Crippen molar-refractivity contribution in [2.75, 3.05) is 5.75 Å². The number of hydrogen-bond acceptors (Lipinski definition) is 5. The van der Waals surface area contributed by atoms with E-state index in [0.29, 0.717) is 6.54 Å². The van der Waals surface area contributed by atoms with Crippen molar-refractivity contribution in [2.45, 2.75) is 11.6 Å². The maximum Gasteiger partial charge on any atom is 0.195 e. The molecule has 0 aliphatic rings. The Morgan fingerprint density at radius 2 is 2.53 bits per heavy atom. The van der Waals surface area contributed by atoms with Crippen LogP contribution in [0.3, 0.4) is 0 Å². The number of aromatic nitrogens is 2. The SMILES string of the molecule is [NH3+]Cc1c(SCC(=O)[O-])nc2sccn12. The quantitative estimate of drug-likeness (QED) is 0.696. The van der Waals surface area contributed by atoms with Gasteiger partial charge in [0.25, 0.3) is 0 Å². The first-order chi connectivity index (χ1) is 7.22. The van der Waals surface area contributed by atoms with Gasteiger partial charge in [0.2, 0.25) is 0 Å². The second-order valence-corrected chi connectivity index (χ2v) is 4.67. The average Bonchev–Trinajstić information content (AvgIpc) is 2.72. The summed E-state index contributed by atoms with van der Waals surface area (Å²) in [7, 11) is 0. The molecule has 0 spiro atoms. The number of fused-ring (bicyclic) bond motifs is 1. The topological polar surface area (TPSA) is 85.1 Å². The van der Waals surface area contributed by atoms with Crippen molar-refractivity contribution in [3.05, 3.63) is 17.3 Å². The van der Waals surface area contributed by atoms with Crippen LogP contribution in [0.5, 0.6) is 0 Å². The zero-order valence-corrected chi connectivity index (χ0v) is 9.44. The highest BCUT2D eigenvalue weighted by Crippen LogP contribution is 2.24. The van der Waals surface area contributed by atoms with E-state index in [9.17, 15) is 9.90 Å². The predicted octanol–water partition coefficient (Wildman–Crippen LogP) is -1.02. The average molecular weight is 243 g/mol. The van der Waals surface area contributed by atoms with Crippen molar-refractivity contribution in [3.8, 4) is 0 Å². The fourth-order valence-electron chi connectivity index (χ4n) is 1.28. The Morgan fingerprint density at radius 3 is 3.20 bits per heavy atom. The number of carbonyl (C=O) groups is 1. The number of rotatable bonds is 4. The lowest BCUT2D eigenvalue weighted by atomic mass is 10.5. The van der Waals surface area contributed by atoms with Crippen molar-refractivity contribution in [3.63, 3.8) is 0 Å². The Balaban J connectivity index is 2.32. The monoisotopic (exact) mass is 243 g/mol. The molecule has 80 valence electrons. The molecule has 0 aliphatic carbocycles. The first kappa shape index (κ1) is 10.5. The summed E-state index contributed by atoms with van der Waals surface area (Å²) in [5.74, 6) is -1.15. The Morgan fingerprint density at radius 1 is 1.73 bits per heavy atom. The molecule has 2 heterocycles. The second-order valence-electron chi connectivity index (χ2n) is 2.83. The molecule has 0 saturated heterocycles. The molecule has 2 rings (SSSR count). The van der Waals surface area contributed by atoms with Crippen LogP contribution in [0.4, 0.5) is 0 Å². The molecule has 0 bridgehead atoms. The molecule has 15 heavy (non-hydrogen) atoms. The molecule has 5 nitrogen and oxygen atoms in total. The summed E-state index contributed by atoms with van der Waals surface area (Å²) in [6.07, 6.45) is 1.91. The molecule has 3 N–H and O–H groups in total. The molecule has 0 amide bonds. The van der Waals surface area contributed by atoms with Gasteiger partial charge in [-0.3, -0.25) is 4.40 Å². The third-order valence-corrected chi connectivity index (χ3v) is 3.62. The summed E-state index contributed by atoms with van der Waals surface area (Å²) < 4.78 is 1.94. The van der Waals surface area contributed by atoms with Crippen LogP contribution in [0, 0.1) is 0 Å². The minimum atomic E-state index is -1.08.